The van der Waals surface area contributed by atoms with Crippen LogP contribution in [0.15, 0.2) is 36.5 Å². The average molecular weight is 412 g/mol. The second-order valence-corrected chi connectivity index (χ2v) is 7.61. The number of fused-ring (bicyclic) bond motifs is 1. The Morgan fingerprint density at radius 1 is 1.17 bits per heavy atom. The molecule has 0 saturated carbocycles. The lowest BCUT2D eigenvalue weighted by atomic mass is 10.2. The van der Waals surface area contributed by atoms with E-state index < -0.39 is 0 Å². The first-order valence-corrected chi connectivity index (χ1v) is 10.4. The number of hydrogen-bond acceptors (Lipinski definition) is 7. The normalized spacial score (nSPS) is 14.9. The molecule has 30 heavy (non-hydrogen) atoms. The van der Waals surface area contributed by atoms with Crippen molar-refractivity contribution < 1.29 is 14.2 Å². The largest absolute Gasteiger partial charge is 0.496 e. The van der Waals surface area contributed by atoms with Gasteiger partial charge in [-0.15, -0.1) is 5.10 Å². The molecule has 8 heteroatoms. The summed E-state index contributed by atoms with van der Waals surface area (Å²) >= 11 is 0. The highest BCUT2D eigenvalue weighted by atomic mass is 16.5. The van der Waals surface area contributed by atoms with Crippen molar-refractivity contribution in [3.8, 4) is 17.3 Å². The van der Waals surface area contributed by atoms with Crippen molar-refractivity contribution >= 4 is 16.7 Å². The summed E-state index contributed by atoms with van der Waals surface area (Å²) in [4.78, 5) is 7.14. The second-order valence-electron chi connectivity index (χ2n) is 7.61. The first-order valence-electron chi connectivity index (χ1n) is 10.4. The summed E-state index contributed by atoms with van der Waals surface area (Å²) < 4.78 is 18.7. The van der Waals surface area contributed by atoms with Crippen LogP contribution in [0.5, 0.6) is 11.5 Å². The lowest BCUT2D eigenvalue weighted by Gasteiger charge is -2.26. The molecule has 1 aromatic carbocycles. The second kappa shape index (κ2) is 9.32. The Bertz CT molecular complexity index is 982. The fourth-order valence-electron chi connectivity index (χ4n) is 3.48. The standard InChI is InChI=1S/C22H29N5O3/c1-16(2)23-21-6-7-27(25-21)22-15-20(28-3)18-5-4-17(14-19(18)24-22)30-13-10-26-8-11-29-12-9-26/h4-7,14-16H,8-13H2,1-3H3,(H,23,25). The van der Waals surface area contributed by atoms with Gasteiger partial charge in [-0.25, -0.2) is 9.67 Å². The van der Waals surface area contributed by atoms with Crippen LogP contribution in [-0.2, 0) is 4.74 Å². The highest BCUT2D eigenvalue weighted by Crippen LogP contribution is 2.29. The Morgan fingerprint density at radius 2 is 2.00 bits per heavy atom. The summed E-state index contributed by atoms with van der Waals surface area (Å²) in [5.41, 5.74) is 0.807. The molecule has 1 aliphatic rings. The van der Waals surface area contributed by atoms with E-state index in [9.17, 15) is 0 Å². The Morgan fingerprint density at radius 3 is 2.77 bits per heavy atom. The number of anilines is 1. The maximum atomic E-state index is 5.99. The van der Waals surface area contributed by atoms with E-state index in [1.165, 1.54) is 0 Å². The number of nitrogens with zero attached hydrogens (tertiary/aromatic N) is 4. The van der Waals surface area contributed by atoms with E-state index in [1.54, 1.807) is 11.8 Å². The molecule has 2 aromatic heterocycles. The fourth-order valence-corrected chi connectivity index (χ4v) is 3.48. The number of ether oxygens (including phenoxy) is 3. The van der Waals surface area contributed by atoms with Crippen LogP contribution in [0.3, 0.4) is 0 Å². The molecule has 0 spiro atoms. The number of pyridine rings is 1. The average Bonchev–Trinajstić information content (AvgIpc) is 3.21. The van der Waals surface area contributed by atoms with E-state index in [4.69, 9.17) is 19.2 Å². The zero-order chi connectivity index (χ0) is 20.9. The molecule has 0 radical (unpaired) electrons. The number of methoxy groups -OCH3 is 1. The van der Waals surface area contributed by atoms with Gasteiger partial charge < -0.3 is 19.5 Å². The van der Waals surface area contributed by atoms with Gasteiger partial charge in [0.05, 0.1) is 25.8 Å². The minimum absolute atomic E-state index is 0.310. The number of rotatable bonds is 8. The van der Waals surface area contributed by atoms with Gasteiger partial charge in [-0.2, -0.15) is 0 Å². The molecule has 4 rings (SSSR count). The van der Waals surface area contributed by atoms with Crippen LogP contribution in [0.25, 0.3) is 16.7 Å². The number of morpholine rings is 1. The van der Waals surface area contributed by atoms with Crippen LogP contribution >= 0.6 is 0 Å². The van der Waals surface area contributed by atoms with Crippen molar-refractivity contribution in [1.29, 1.82) is 0 Å². The van der Waals surface area contributed by atoms with Crippen molar-refractivity contribution in [3.05, 3.63) is 36.5 Å². The highest BCUT2D eigenvalue weighted by Gasteiger charge is 2.12. The SMILES string of the molecule is COc1cc(-n2ccc(NC(C)C)n2)nc2cc(OCCN3CCOCC3)ccc12. The molecule has 1 aliphatic heterocycles. The quantitative estimate of drug-likeness (QED) is 0.611. The van der Waals surface area contributed by atoms with Crippen LogP contribution in [0.4, 0.5) is 5.82 Å². The molecular weight excluding hydrogens is 382 g/mol. The van der Waals surface area contributed by atoms with Crippen LogP contribution in [0.2, 0.25) is 0 Å². The first-order chi connectivity index (χ1) is 14.6. The number of hydrogen-bond donors (Lipinski definition) is 1. The van der Waals surface area contributed by atoms with Crippen molar-refractivity contribution in [2.45, 2.75) is 19.9 Å². The first kappa shape index (κ1) is 20.4. The maximum absolute atomic E-state index is 5.99. The van der Waals surface area contributed by atoms with Gasteiger partial charge in [-0.3, -0.25) is 4.90 Å². The van der Waals surface area contributed by atoms with E-state index in [1.807, 2.05) is 36.5 Å². The van der Waals surface area contributed by atoms with Gasteiger partial charge in [-0.1, -0.05) is 0 Å². The Balaban J connectivity index is 1.53. The third-order valence-corrected chi connectivity index (χ3v) is 4.99. The highest BCUT2D eigenvalue weighted by molar-refractivity contribution is 5.87. The van der Waals surface area contributed by atoms with Crippen molar-refractivity contribution in [3.63, 3.8) is 0 Å². The summed E-state index contributed by atoms with van der Waals surface area (Å²) in [5.74, 6) is 3.06. The van der Waals surface area contributed by atoms with Gasteiger partial charge in [0.1, 0.15) is 23.9 Å². The molecule has 0 amide bonds. The number of aromatic nitrogens is 3. The zero-order valence-corrected chi connectivity index (χ0v) is 17.8. The van der Waals surface area contributed by atoms with Crippen LogP contribution in [0.1, 0.15) is 13.8 Å². The fraction of sp³-hybridized carbons (Fsp3) is 0.455. The monoisotopic (exact) mass is 411 g/mol. The maximum Gasteiger partial charge on any atom is 0.157 e. The van der Waals surface area contributed by atoms with E-state index in [0.29, 0.717) is 18.5 Å². The van der Waals surface area contributed by atoms with Gasteiger partial charge >= 0.3 is 0 Å². The predicted molar refractivity (Wildman–Crippen MR) is 117 cm³/mol. The van der Waals surface area contributed by atoms with E-state index in [2.05, 4.69) is 29.2 Å². The summed E-state index contributed by atoms with van der Waals surface area (Å²) in [7, 11) is 1.67. The molecule has 1 fully saturated rings. The van der Waals surface area contributed by atoms with E-state index in [-0.39, 0.29) is 0 Å². The molecule has 8 nitrogen and oxygen atoms in total. The van der Waals surface area contributed by atoms with Gasteiger partial charge in [-0.05, 0) is 26.0 Å². The number of benzene rings is 1. The molecule has 3 heterocycles. The summed E-state index contributed by atoms with van der Waals surface area (Å²) in [6, 6.07) is 10.0. The van der Waals surface area contributed by atoms with Crippen LogP contribution < -0.4 is 14.8 Å². The molecule has 1 saturated heterocycles. The topological polar surface area (TPSA) is 73.7 Å². The van der Waals surface area contributed by atoms with E-state index in [0.717, 1.165) is 61.1 Å². The van der Waals surface area contributed by atoms with Gasteiger partial charge in [0.15, 0.2) is 5.82 Å². The molecule has 0 aliphatic carbocycles. The molecule has 160 valence electrons. The zero-order valence-electron chi connectivity index (χ0n) is 17.8. The lowest BCUT2D eigenvalue weighted by molar-refractivity contribution is 0.0322. The Hall–Kier alpha value is -2.84. The Labute approximate surface area is 176 Å². The minimum Gasteiger partial charge on any atom is -0.496 e. The van der Waals surface area contributed by atoms with Gasteiger partial charge in [0.25, 0.3) is 0 Å². The third kappa shape index (κ3) is 4.83. The van der Waals surface area contributed by atoms with Crippen molar-refractivity contribution in [2.75, 3.05) is 51.9 Å². The predicted octanol–water partition coefficient (Wildman–Crippen LogP) is 2.96. The van der Waals surface area contributed by atoms with Gasteiger partial charge in [0.2, 0.25) is 0 Å². The summed E-state index contributed by atoms with van der Waals surface area (Å²) in [5, 5.41) is 8.80. The molecule has 0 atom stereocenters. The lowest BCUT2D eigenvalue weighted by Crippen LogP contribution is -2.38. The summed E-state index contributed by atoms with van der Waals surface area (Å²) in [6.07, 6.45) is 1.89. The molecule has 0 unspecified atom stereocenters. The van der Waals surface area contributed by atoms with Crippen LogP contribution in [0, 0.1) is 0 Å². The third-order valence-electron chi connectivity index (χ3n) is 4.99. The van der Waals surface area contributed by atoms with E-state index >= 15 is 0 Å². The smallest absolute Gasteiger partial charge is 0.157 e. The molecular formula is C22H29N5O3. The molecule has 1 N–H and O–H groups in total. The van der Waals surface area contributed by atoms with Crippen molar-refractivity contribution in [1.82, 2.24) is 19.7 Å². The number of nitrogens with one attached hydrogen (secondary N) is 1. The van der Waals surface area contributed by atoms with Crippen molar-refractivity contribution in [2.24, 2.45) is 0 Å². The summed E-state index contributed by atoms with van der Waals surface area (Å²) in [6.45, 7) is 9.19. The van der Waals surface area contributed by atoms with Gasteiger partial charge in [0, 0.05) is 55.5 Å². The Kier molecular flexibility index (Phi) is 6.35. The molecule has 3 aromatic rings. The minimum atomic E-state index is 0.310. The van der Waals surface area contributed by atoms with Crippen LogP contribution in [-0.4, -0.2) is 72.3 Å². The molecule has 0 bridgehead atoms.